The highest BCUT2D eigenvalue weighted by Crippen LogP contribution is 2.13. The van der Waals surface area contributed by atoms with Crippen LogP contribution in [0.1, 0.15) is 38.3 Å². The third-order valence-corrected chi connectivity index (χ3v) is 2.49. The van der Waals surface area contributed by atoms with Gasteiger partial charge in [-0.3, -0.25) is 0 Å². The molecule has 1 aromatic rings. The average molecular weight is 235 g/mol. The van der Waals surface area contributed by atoms with Gasteiger partial charge >= 0.3 is 0 Å². The highest BCUT2D eigenvalue weighted by Gasteiger charge is 2.07. The second-order valence-corrected chi connectivity index (χ2v) is 4.68. The molecule has 92 valence electrons. The number of hydrogen-bond acceptors (Lipinski definition) is 2. The molecule has 3 heteroatoms. The molecule has 0 aliphatic carbocycles. The highest BCUT2D eigenvalue weighted by molar-refractivity contribution is 5.34. The lowest BCUT2D eigenvalue weighted by atomic mass is 10.1. The maximum absolute atomic E-state index is 13.1. The molecule has 0 aliphatic heterocycles. The molecule has 0 spiro atoms. The topological polar surface area (TPSA) is 33.0 Å². The van der Waals surface area contributed by atoms with Gasteiger partial charge in [0.25, 0.3) is 0 Å². The van der Waals surface area contributed by atoms with E-state index in [0.29, 0.717) is 12.5 Å². The van der Waals surface area contributed by atoms with E-state index < -0.39 is 5.82 Å². The van der Waals surface area contributed by atoms with Crippen LogP contribution in [0, 0.1) is 23.1 Å². The van der Waals surface area contributed by atoms with Crippen molar-refractivity contribution in [1.82, 2.24) is 0 Å². The van der Waals surface area contributed by atoms with Crippen molar-refractivity contribution in [2.75, 3.05) is 0 Å². The Balaban J connectivity index is 2.55. The normalized spacial score (nSPS) is 12.5. The molecule has 17 heavy (non-hydrogen) atoms. The molecule has 0 N–H and O–H groups in total. The van der Waals surface area contributed by atoms with Gasteiger partial charge in [-0.05, 0) is 37.0 Å². The van der Waals surface area contributed by atoms with Crippen LogP contribution in [0.5, 0.6) is 0 Å². The number of nitriles is 1. The molecular weight excluding hydrogens is 217 g/mol. The van der Waals surface area contributed by atoms with Crippen molar-refractivity contribution in [2.45, 2.75) is 39.9 Å². The fraction of sp³-hybridized carbons (Fsp3) is 0.500. The second-order valence-electron chi connectivity index (χ2n) is 4.68. The van der Waals surface area contributed by atoms with Crippen LogP contribution in [0.25, 0.3) is 0 Å². The summed E-state index contributed by atoms with van der Waals surface area (Å²) in [7, 11) is 0. The van der Waals surface area contributed by atoms with E-state index in [0.717, 1.165) is 12.0 Å². The van der Waals surface area contributed by atoms with E-state index in [9.17, 15) is 4.39 Å². The Morgan fingerprint density at radius 1 is 1.35 bits per heavy atom. The molecule has 0 heterocycles. The van der Waals surface area contributed by atoms with E-state index >= 15 is 0 Å². The van der Waals surface area contributed by atoms with Gasteiger partial charge in [0, 0.05) is 0 Å². The Hall–Kier alpha value is -1.40. The number of rotatable bonds is 5. The Bertz CT molecular complexity index is 409. The van der Waals surface area contributed by atoms with Crippen LogP contribution < -0.4 is 0 Å². The summed E-state index contributed by atoms with van der Waals surface area (Å²) in [6, 6.07) is 6.32. The first-order chi connectivity index (χ1) is 8.02. The molecule has 0 saturated heterocycles. The smallest absolute Gasteiger partial charge is 0.140 e. The van der Waals surface area contributed by atoms with E-state index in [2.05, 4.69) is 13.8 Å². The van der Waals surface area contributed by atoms with Crippen molar-refractivity contribution in [3.8, 4) is 6.07 Å². The Labute approximate surface area is 102 Å². The number of ether oxygens (including phenoxy) is 1. The zero-order valence-corrected chi connectivity index (χ0v) is 10.5. The first-order valence-electron chi connectivity index (χ1n) is 5.83. The van der Waals surface area contributed by atoms with E-state index in [1.165, 1.54) is 12.1 Å². The summed E-state index contributed by atoms with van der Waals surface area (Å²) in [6.45, 7) is 6.73. The van der Waals surface area contributed by atoms with Gasteiger partial charge in [0.2, 0.25) is 0 Å². The average Bonchev–Trinajstić information content (AvgIpc) is 2.27. The van der Waals surface area contributed by atoms with Crippen molar-refractivity contribution in [1.29, 1.82) is 5.26 Å². The van der Waals surface area contributed by atoms with Gasteiger partial charge in [0.05, 0.1) is 18.3 Å². The first kappa shape index (κ1) is 13.7. The Morgan fingerprint density at radius 2 is 2.06 bits per heavy atom. The Kier molecular flexibility index (Phi) is 5.11. The van der Waals surface area contributed by atoms with Crippen molar-refractivity contribution >= 4 is 0 Å². The molecule has 0 radical (unpaired) electrons. The summed E-state index contributed by atoms with van der Waals surface area (Å²) < 4.78 is 18.7. The summed E-state index contributed by atoms with van der Waals surface area (Å²) in [5.41, 5.74) is 0.904. The molecule has 0 aromatic heterocycles. The molecule has 1 atom stereocenters. The summed E-state index contributed by atoms with van der Waals surface area (Å²) in [6.07, 6.45) is 1.16. The zero-order valence-electron chi connectivity index (χ0n) is 10.5. The molecule has 0 bridgehead atoms. The summed E-state index contributed by atoms with van der Waals surface area (Å²) >= 11 is 0. The van der Waals surface area contributed by atoms with Gasteiger partial charge in [-0.1, -0.05) is 19.9 Å². The summed E-state index contributed by atoms with van der Waals surface area (Å²) in [5.74, 6) is 0.111. The maximum Gasteiger partial charge on any atom is 0.140 e. The van der Waals surface area contributed by atoms with Crippen LogP contribution in [-0.2, 0) is 11.3 Å². The fourth-order valence-corrected chi connectivity index (χ4v) is 1.72. The largest absolute Gasteiger partial charge is 0.374 e. The van der Waals surface area contributed by atoms with Crippen molar-refractivity contribution in [2.24, 2.45) is 5.92 Å². The summed E-state index contributed by atoms with van der Waals surface area (Å²) in [5, 5.41) is 8.71. The van der Waals surface area contributed by atoms with Crippen LogP contribution in [-0.4, -0.2) is 6.10 Å². The van der Waals surface area contributed by atoms with Gasteiger partial charge in [-0.2, -0.15) is 5.26 Å². The van der Waals surface area contributed by atoms with Crippen LogP contribution >= 0.6 is 0 Å². The van der Waals surface area contributed by atoms with Crippen molar-refractivity contribution in [3.63, 3.8) is 0 Å². The molecule has 1 rings (SSSR count). The van der Waals surface area contributed by atoms with Gasteiger partial charge in [-0.15, -0.1) is 0 Å². The molecule has 1 aromatic carbocycles. The minimum absolute atomic E-state index is 0.0719. The molecule has 1 unspecified atom stereocenters. The number of nitrogens with zero attached hydrogens (tertiary/aromatic N) is 1. The first-order valence-corrected chi connectivity index (χ1v) is 5.83. The van der Waals surface area contributed by atoms with Crippen molar-refractivity contribution < 1.29 is 9.13 Å². The molecule has 0 amide bonds. The standard InChI is InChI=1S/C14H18FNO/c1-10(2)6-11(3)17-9-12-4-5-14(15)13(7-12)8-16/h4-5,7,10-11H,6,9H2,1-3H3. The lowest BCUT2D eigenvalue weighted by Gasteiger charge is -2.15. The third kappa shape index (κ3) is 4.54. The zero-order chi connectivity index (χ0) is 12.8. The number of hydrogen-bond donors (Lipinski definition) is 0. The van der Waals surface area contributed by atoms with E-state index in [4.69, 9.17) is 10.00 Å². The quantitative estimate of drug-likeness (QED) is 0.780. The molecule has 0 fully saturated rings. The third-order valence-electron chi connectivity index (χ3n) is 2.49. The monoisotopic (exact) mass is 235 g/mol. The lowest BCUT2D eigenvalue weighted by molar-refractivity contribution is 0.0397. The predicted octanol–water partition coefficient (Wildman–Crippen LogP) is 3.65. The maximum atomic E-state index is 13.1. The van der Waals surface area contributed by atoms with E-state index in [-0.39, 0.29) is 11.7 Å². The van der Waals surface area contributed by atoms with Gasteiger partial charge in [0.1, 0.15) is 11.9 Å². The van der Waals surface area contributed by atoms with E-state index in [1.807, 2.05) is 13.0 Å². The fourth-order valence-electron chi connectivity index (χ4n) is 1.72. The number of benzene rings is 1. The molecule has 0 saturated carbocycles. The molecule has 0 aliphatic rings. The SMILES string of the molecule is CC(C)CC(C)OCc1ccc(F)c(C#N)c1. The highest BCUT2D eigenvalue weighted by atomic mass is 19.1. The lowest BCUT2D eigenvalue weighted by Crippen LogP contribution is -2.11. The van der Waals surface area contributed by atoms with Crippen LogP contribution in [0.4, 0.5) is 4.39 Å². The minimum atomic E-state index is -0.480. The van der Waals surface area contributed by atoms with Crippen molar-refractivity contribution in [3.05, 3.63) is 35.1 Å². The van der Waals surface area contributed by atoms with Crippen LogP contribution in [0.2, 0.25) is 0 Å². The van der Waals surface area contributed by atoms with Gasteiger partial charge in [-0.25, -0.2) is 4.39 Å². The Morgan fingerprint density at radius 3 is 2.65 bits per heavy atom. The molecular formula is C14H18FNO. The molecule has 2 nitrogen and oxygen atoms in total. The predicted molar refractivity (Wildman–Crippen MR) is 64.8 cm³/mol. The van der Waals surface area contributed by atoms with E-state index in [1.54, 1.807) is 6.07 Å². The van der Waals surface area contributed by atoms with Gasteiger partial charge in [0.15, 0.2) is 0 Å². The minimum Gasteiger partial charge on any atom is -0.374 e. The number of halogens is 1. The summed E-state index contributed by atoms with van der Waals surface area (Å²) in [4.78, 5) is 0. The van der Waals surface area contributed by atoms with Crippen LogP contribution in [0.15, 0.2) is 18.2 Å². The second kappa shape index (κ2) is 6.36. The van der Waals surface area contributed by atoms with Gasteiger partial charge < -0.3 is 4.74 Å². The van der Waals surface area contributed by atoms with Crippen LogP contribution in [0.3, 0.4) is 0 Å².